The Morgan fingerprint density at radius 3 is 2.52 bits per heavy atom. The van der Waals surface area contributed by atoms with Gasteiger partial charge in [0.15, 0.2) is 0 Å². The van der Waals surface area contributed by atoms with E-state index in [9.17, 15) is 23.9 Å². The van der Waals surface area contributed by atoms with E-state index in [1.165, 1.54) is 24.3 Å². The van der Waals surface area contributed by atoms with Crippen molar-refractivity contribution in [2.45, 2.75) is 45.3 Å². The lowest BCUT2D eigenvalue weighted by molar-refractivity contribution is -0.141. The molecule has 0 saturated heterocycles. The van der Waals surface area contributed by atoms with Gasteiger partial charge < -0.3 is 20.5 Å². The van der Waals surface area contributed by atoms with E-state index in [0.717, 1.165) is 6.08 Å². The number of alkyl carbamates (subject to hydrolysis) is 1. The fourth-order valence-electron chi connectivity index (χ4n) is 2.06. The lowest BCUT2D eigenvalue weighted by Crippen LogP contribution is -2.40. The first-order chi connectivity index (χ1) is 12.6. The van der Waals surface area contributed by atoms with Crippen LogP contribution in [0.25, 0.3) is 6.08 Å². The number of carboxylic acid groups (broad SMARTS) is 1. The van der Waals surface area contributed by atoms with Crippen molar-refractivity contribution >= 4 is 24.0 Å². The van der Waals surface area contributed by atoms with Crippen LogP contribution in [-0.2, 0) is 14.3 Å². The summed E-state index contributed by atoms with van der Waals surface area (Å²) in [6.07, 6.45) is 2.20. The van der Waals surface area contributed by atoms with Gasteiger partial charge >= 0.3 is 12.1 Å². The number of aliphatic carboxylic acids is 1. The zero-order valence-electron chi connectivity index (χ0n) is 15.6. The lowest BCUT2D eigenvalue weighted by atomic mass is 10.1. The smallest absolute Gasteiger partial charge is 0.407 e. The molecule has 0 aliphatic carbocycles. The molecule has 148 valence electrons. The zero-order valence-corrected chi connectivity index (χ0v) is 15.6. The van der Waals surface area contributed by atoms with Crippen LogP contribution in [0.1, 0.15) is 39.2 Å². The molecule has 0 aromatic heterocycles. The van der Waals surface area contributed by atoms with E-state index in [2.05, 4.69) is 10.6 Å². The number of ether oxygens (including phenoxy) is 1. The molecule has 0 saturated carbocycles. The number of carbonyl (C=O) groups excluding carboxylic acids is 2. The molecule has 7 nitrogen and oxygen atoms in total. The molecule has 0 fully saturated rings. The predicted octanol–water partition coefficient (Wildman–Crippen LogP) is 2.71. The summed E-state index contributed by atoms with van der Waals surface area (Å²) >= 11 is 0. The molecule has 0 unspecified atom stereocenters. The van der Waals surface area contributed by atoms with Gasteiger partial charge in [-0.25, -0.2) is 14.0 Å². The second kappa shape index (κ2) is 10.3. The van der Waals surface area contributed by atoms with Crippen molar-refractivity contribution in [3.05, 3.63) is 41.7 Å². The summed E-state index contributed by atoms with van der Waals surface area (Å²) in [4.78, 5) is 34.6. The van der Waals surface area contributed by atoms with E-state index in [0.29, 0.717) is 6.42 Å². The van der Waals surface area contributed by atoms with E-state index >= 15 is 0 Å². The number of hydrogen-bond donors (Lipinski definition) is 3. The minimum absolute atomic E-state index is 0.115. The maximum atomic E-state index is 13.5. The van der Waals surface area contributed by atoms with Crippen LogP contribution in [0.15, 0.2) is 30.3 Å². The first kappa shape index (κ1) is 22.1. The summed E-state index contributed by atoms with van der Waals surface area (Å²) in [5, 5.41) is 14.1. The number of carboxylic acids is 1. The van der Waals surface area contributed by atoms with Crippen LogP contribution >= 0.6 is 0 Å². The van der Waals surface area contributed by atoms with E-state index < -0.39 is 35.4 Å². The number of amides is 2. The molecule has 0 heterocycles. The highest BCUT2D eigenvalue weighted by Crippen LogP contribution is 2.08. The van der Waals surface area contributed by atoms with E-state index in [-0.39, 0.29) is 18.5 Å². The largest absolute Gasteiger partial charge is 0.480 e. The van der Waals surface area contributed by atoms with Crippen LogP contribution in [-0.4, -0.2) is 41.3 Å². The first-order valence-electron chi connectivity index (χ1n) is 8.51. The Bertz CT molecular complexity index is 698. The highest BCUT2D eigenvalue weighted by molar-refractivity contribution is 5.94. The molecule has 8 heteroatoms. The molecule has 1 aromatic carbocycles. The minimum Gasteiger partial charge on any atom is -0.480 e. The average Bonchev–Trinajstić information content (AvgIpc) is 2.55. The number of rotatable bonds is 8. The molecule has 1 rings (SSSR count). The van der Waals surface area contributed by atoms with Crippen LogP contribution in [0.5, 0.6) is 0 Å². The molecule has 1 aromatic rings. The van der Waals surface area contributed by atoms with Crippen molar-refractivity contribution in [1.82, 2.24) is 10.6 Å². The monoisotopic (exact) mass is 380 g/mol. The Labute approximate surface area is 157 Å². The van der Waals surface area contributed by atoms with Crippen LogP contribution in [0.3, 0.4) is 0 Å². The van der Waals surface area contributed by atoms with Crippen LogP contribution in [0.2, 0.25) is 0 Å². The van der Waals surface area contributed by atoms with Crippen molar-refractivity contribution < 1.29 is 28.6 Å². The minimum atomic E-state index is -1.19. The van der Waals surface area contributed by atoms with Gasteiger partial charge in [-0.05, 0) is 45.8 Å². The maximum Gasteiger partial charge on any atom is 0.407 e. The molecule has 0 aliphatic rings. The van der Waals surface area contributed by atoms with Gasteiger partial charge in [0.05, 0.1) is 0 Å². The molecule has 0 bridgehead atoms. The third kappa shape index (κ3) is 9.39. The molecule has 0 radical (unpaired) electrons. The molecular formula is C19H25FN2O5. The Morgan fingerprint density at radius 1 is 1.26 bits per heavy atom. The van der Waals surface area contributed by atoms with Crippen molar-refractivity contribution in [2.24, 2.45) is 0 Å². The fourth-order valence-corrected chi connectivity index (χ4v) is 2.06. The van der Waals surface area contributed by atoms with E-state index in [1.807, 2.05) is 0 Å². The molecule has 0 spiro atoms. The number of benzene rings is 1. The summed E-state index contributed by atoms with van der Waals surface area (Å²) in [6, 6.07) is 4.78. The quantitative estimate of drug-likeness (QED) is 0.475. The van der Waals surface area contributed by atoms with Crippen molar-refractivity contribution in [1.29, 1.82) is 0 Å². The van der Waals surface area contributed by atoms with Gasteiger partial charge in [-0.3, -0.25) is 4.79 Å². The summed E-state index contributed by atoms with van der Waals surface area (Å²) in [5.74, 6) is -2.32. The van der Waals surface area contributed by atoms with Crippen LogP contribution < -0.4 is 10.6 Å². The number of hydrogen-bond acceptors (Lipinski definition) is 4. The Hall–Kier alpha value is -2.90. The summed E-state index contributed by atoms with van der Waals surface area (Å²) in [5.41, 5.74) is -0.396. The third-order valence-corrected chi connectivity index (χ3v) is 3.27. The van der Waals surface area contributed by atoms with Gasteiger partial charge in [0, 0.05) is 18.2 Å². The van der Waals surface area contributed by atoms with Crippen molar-refractivity contribution in [3.8, 4) is 0 Å². The molecule has 3 N–H and O–H groups in total. The molecule has 27 heavy (non-hydrogen) atoms. The SMILES string of the molecule is CC(C)(C)OC(=O)NCCC[C@H](NC(=O)/C=C/c1ccccc1F)C(=O)O. The van der Waals surface area contributed by atoms with Crippen LogP contribution in [0.4, 0.5) is 9.18 Å². The molecule has 2 amide bonds. The summed E-state index contributed by atoms with van der Waals surface area (Å²) in [6.45, 7) is 5.41. The lowest BCUT2D eigenvalue weighted by Gasteiger charge is -2.20. The van der Waals surface area contributed by atoms with Gasteiger partial charge in [-0.1, -0.05) is 18.2 Å². The van der Waals surface area contributed by atoms with Gasteiger partial charge in [-0.2, -0.15) is 0 Å². The fraction of sp³-hybridized carbons (Fsp3) is 0.421. The van der Waals surface area contributed by atoms with Gasteiger partial charge in [0.1, 0.15) is 17.5 Å². The predicted molar refractivity (Wildman–Crippen MR) is 98.5 cm³/mol. The Morgan fingerprint density at radius 2 is 1.93 bits per heavy atom. The second-order valence-corrected chi connectivity index (χ2v) is 6.83. The highest BCUT2D eigenvalue weighted by Gasteiger charge is 2.19. The van der Waals surface area contributed by atoms with Crippen LogP contribution in [0, 0.1) is 5.82 Å². The maximum absolute atomic E-state index is 13.5. The Balaban J connectivity index is 2.45. The first-order valence-corrected chi connectivity index (χ1v) is 8.51. The Kier molecular flexibility index (Phi) is 8.44. The molecular weight excluding hydrogens is 355 g/mol. The highest BCUT2D eigenvalue weighted by atomic mass is 19.1. The van der Waals surface area contributed by atoms with Crippen molar-refractivity contribution in [2.75, 3.05) is 6.54 Å². The third-order valence-electron chi connectivity index (χ3n) is 3.27. The van der Waals surface area contributed by atoms with E-state index in [4.69, 9.17) is 4.74 Å². The van der Waals surface area contributed by atoms with Gasteiger partial charge in [-0.15, -0.1) is 0 Å². The molecule has 0 aliphatic heterocycles. The number of halogens is 1. The second-order valence-electron chi connectivity index (χ2n) is 6.83. The van der Waals surface area contributed by atoms with Gasteiger partial charge in [0.2, 0.25) is 5.91 Å². The standard InChI is InChI=1S/C19H25FN2O5/c1-19(2,3)27-18(26)21-12-6-9-15(17(24)25)22-16(23)11-10-13-7-4-5-8-14(13)20/h4-5,7-8,10-11,15H,6,9,12H2,1-3H3,(H,21,26)(H,22,23)(H,24,25)/b11-10+/t15-/m0/s1. The molecule has 1 atom stereocenters. The number of nitrogens with one attached hydrogen (secondary N) is 2. The average molecular weight is 380 g/mol. The summed E-state index contributed by atoms with van der Waals surface area (Å²) in [7, 11) is 0. The number of carbonyl (C=O) groups is 3. The summed E-state index contributed by atoms with van der Waals surface area (Å²) < 4.78 is 18.5. The van der Waals surface area contributed by atoms with E-state index in [1.54, 1.807) is 26.8 Å². The zero-order chi connectivity index (χ0) is 20.4. The van der Waals surface area contributed by atoms with Gasteiger partial charge in [0.25, 0.3) is 0 Å². The topological polar surface area (TPSA) is 105 Å². The van der Waals surface area contributed by atoms with Crippen molar-refractivity contribution in [3.63, 3.8) is 0 Å². The normalized spacial score (nSPS) is 12.4.